The summed E-state index contributed by atoms with van der Waals surface area (Å²) in [6, 6.07) is 12.6. The van der Waals surface area contributed by atoms with E-state index < -0.39 is 71.5 Å². The lowest BCUT2D eigenvalue weighted by atomic mass is 10.0. The average Bonchev–Trinajstić information content (AvgIpc) is 2.99. The monoisotopic (exact) mass is 642 g/mol. The summed E-state index contributed by atoms with van der Waals surface area (Å²) < 4.78 is 74.9. The minimum absolute atomic E-state index is 0.0622. The quantitative estimate of drug-likeness (QED) is 0.0828. The van der Waals surface area contributed by atoms with Crippen molar-refractivity contribution in [1.29, 1.82) is 0 Å². The minimum Gasteiger partial charge on any atom is -0.478 e. The van der Waals surface area contributed by atoms with E-state index in [9.17, 15) is 47.0 Å². The van der Waals surface area contributed by atoms with Gasteiger partial charge in [-0.15, -0.1) is 0 Å². The van der Waals surface area contributed by atoms with Crippen molar-refractivity contribution in [2.75, 3.05) is 26.4 Å². The van der Waals surface area contributed by atoms with Crippen molar-refractivity contribution >= 4 is 23.9 Å². The first kappa shape index (κ1) is 33.3. The van der Waals surface area contributed by atoms with Gasteiger partial charge in [0.25, 0.3) is 0 Å². The molecule has 0 aliphatic rings. The van der Waals surface area contributed by atoms with E-state index >= 15 is 0 Å². The molecule has 0 amide bonds. The molecular formula is C32H22F4O10. The van der Waals surface area contributed by atoms with Gasteiger partial charge in [-0.1, -0.05) is 12.1 Å². The smallest absolute Gasteiger partial charge is 0.339 e. The minimum atomic E-state index is -1.47. The van der Waals surface area contributed by atoms with Gasteiger partial charge < -0.3 is 29.2 Å². The van der Waals surface area contributed by atoms with Gasteiger partial charge in [0.1, 0.15) is 59.1 Å². The molecule has 0 aliphatic carbocycles. The predicted molar refractivity (Wildman–Crippen MR) is 150 cm³/mol. The molecule has 0 fully saturated rings. The van der Waals surface area contributed by atoms with Crippen molar-refractivity contribution in [2.24, 2.45) is 0 Å². The van der Waals surface area contributed by atoms with Gasteiger partial charge in [-0.3, -0.25) is 0 Å². The summed E-state index contributed by atoms with van der Waals surface area (Å²) in [6.07, 6.45) is 0. The van der Waals surface area contributed by atoms with E-state index in [0.717, 1.165) is 48.5 Å². The molecule has 0 unspecified atom stereocenters. The fourth-order valence-electron chi connectivity index (χ4n) is 4.09. The molecule has 4 aromatic rings. The Hall–Kier alpha value is -5.60. The van der Waals surface area contributed by atoms with Crippen LogP contribution in [0.4, 0.5) is 17.6 Å². The molecule has 0 aromatic heterocycles. The van der Waals surface area contributed by atoms with Crippen LogP contribution in [0.3, 0.4) is 0 Å². The SMILES string of the molecule is O=C(COCCOCC(=O)Oc1ccc(-c2ccc(F)cc2F)cc1C(=O)O)Oc1ccc(-c2ccc(F)cc2F)cc1C(=O)O. The van der Waals surface area contributed by atoms with Gasteiger partial charge in [-0.2, -0.15) is 0 Å². The number of hydrogen-bond acceptors (Lipinski definition) is 8. The molecule has 0 bridgehead atoms. The standard InChI is InChI=1S/C32H22F4O10/c33-19-3-5-21(25(35)13-19)17-1-7-27(23(11-17)31(39)40)45-29(37)15-43-9-10-44-16-30(38)46-28-8-2-18(12-24(28)32(41)42)22-6-4-20(34)14-26(22)36/h1-8,11-14H,9-10,15-16H2,(H,39,40)(H,41,42). The van der Waals surface area contributed by atoms with E-state index in [4.69, 9.17) is 18.9 Å². The van der Waals surface area contributed by atoms with Crippen molar-refractivity contribution in [3.05, 3.63) is 107 Å². The van der Waals surface area contributed by atoms with Crippen LogP contribution in [0.25, 0.3) is 22.3 Å². The van der Waals surface area contributed by atoms with Crippen molar-refractivity contribution in [3.63, 3.8) is 0 Å². The lowest BCUT2D eigenvalue weighted by Gasteiger charge is -2.11. The molecule has 14 heteroatoms. The third kappa shape index (κ3) is 8.52. The highest BCUT2D eigenvalue weighted by Crippen LogP contribution is 2.30. The number of carbonyl (C=O) groups is 4. The van der Waals surface area contributed by atoms with E-state index in [1.807, 2.05) is 0 Å². The van der Waals surface area contributed by atoms with Crippen LogP contribution in [-0.2, 0) is 19.1 Å². The van der Waals surface area contributed by atoms with Crippen molar-refractivity contribution in [3.8, 4) is 33.8 Å². The molecule has 0 saturated heterocycles. The third-order valence-corrected chi connectivity index (χ3v) is 6.16. The van der Waals surface area contributed by atoms with Gasteiger partial charge in [0.05, 0.1) is 13.2 Å². The number of esters is 2. The average molecular weight is 643 g/mol. The van der Waals surface area contributed by atoms with E-state index in [0.29, 0.717) is 12.1 Å². The highest BCUT2D eigenvalue weighted by Gasteiger charge is 2.19. The van der Waals surface area contributed by atoms with E-state index in [1.165, 1.54) is 12.1 Å². The number of carboxylic acids is 2. The van der Waals surface area contributed by atoms with Crippen LogP contribution in [0, 0.1) is 23.3 Å². The van der Waals surface area contributed by atoms with Gasteiger partial charge in [-0.05, 0) is 59.7 Å². The number of carboxylic acid groups (broad SMARTS) is 2. The molecule has 46 heavy (non-hydrogen) atoms. The van der Waals surface area contributed by atoms with Crippen LogP contribution in [0.2, 0.25) is 0 Å². The molecular weight excluding hydrogens is 620 g/mol. The van der Waals surface area contributed by atoms with Crippen LogP contribution >= 0.6 is 0 Å². The Kier molecular flexibility index (Phi) is 10.8. The highest BCUT2D eigenvalue weighted by molar-refractivity contribution is 5.94. The summed E-state index contributed by atoms with van der Waals surface area (Å²) in [5.41, 5.74) is -0.823. The molecule has 0 saturated carbocycles. The number of carbonyl (C=O) groups excluding carboxylic acids is 2. The summed E-state index contributed by atoms with van der Waals surface area (Å²) >= 11 is 0. The highest BCUT2D eigenvalue weighted by atomic mass is 19.1. The Labute approximate surface area is 257 Å². The zero-order chi connectivity index (χ0) is 33.4. The molecule has 2 N–H and O–H groups in total. The van der Waals surface area contributed by atoms with Crippen molar-refractivity contribution in [1.82, 2.24) is 0 Å². The van der Waals surface area contributed by atoms with Crippen molar-refractivity contribution < 1.29 is 65.9 Å². The zero-order valence-corrected chi connectivity index (χ0v) is 23.4. The number of benzene rings is 4. The summed E-state index contributed by atoms with van der Waals surface area (Å²) in [6.45, 7) is -1.70. The molecule has 0 spiro atoms. The number of rotatable bonds is 13. The molecule has 0 radical (unpaired) electrons. The lowest BCUT2D eigenvalue weighted by Crippen LogP contribution is -2.21. The Morgan fingerprint density at radius 2 is 0.935 bits per heavy atom. The van der Waals surface area contributed by atoms with Crippen LogP contribution in [-0.4, -0.2) is 60.5 Å². The first-order valence-electron chi connectivity index (χ1n) is 13.2. The van der Waals surface area contributed by atoms with Gasteiger partial charge in [-0.25, -0.2) is 36.7 Å². The Balaban J connectivity index is 1.24. The Bertz CT molecular complexity index is 1680. The molecule has 0 atom stereocenters. The van der Waals surface area contributed by atoms with E-state index in [-0.39, 0.29) is 47.0 Å². The topological polar surface area (TPSA) is 146 Å². The van der Waals surface area contributed by atoms with E-state index in [1.54, 1.807) is 0 Å². The van der Waals surface area contributed by atoms with Crippen LogP contribution in [0.5, 0.6) is 11.5 Å². The first-order chi connectivity index (χ1) is 21.9. The maximum atomic E-state index is 14.1. The number of aromatic carboxylic acids is 2. The molecule has 238 valence electrons. The second kappa shape index (κ2) is 14.9. The zero-order valence-electron chi connectivity index (χ0n) is 23.4. The first-order valence-corrected chi connectivity index (χ1v) is 13.2. The predicted octanol–water partition coefficient (Wildman–Crippen LogP) is 5.52. The summed E-state index contributed by atoms with van der Waals surface area (Å²) in [5.74, 6) is -9.03. The lowest BCUT2D eigenvalue weighted by molar-refractivity contribution is -0.143. The maximum Gasteiger partial charge on any atom is 0.339 e. The molecule has 0 aliphatic heterocycles. The molecule has 4 rings (SSSR count). The van der Waals surface area contributed by atoms with Crippen LogP contribution in [0.1, 0.15) is 20.7 Å². The summed E-state index contributed by atoms with van der Waals surface area (Å²) in [4.78, 5) is 47.7. The number of hydrogen-bond donors (Lipinski definition) is 2. The summed E-state index contributed by atoms with van der Waals surface area (Å²) in [7, 11) is 0. The van der Waals surface area contributed by atoms with Gasteiger partial charge in [0.2, 0.25) is 0 Å². The van der Waals surface area contributed by atoms with Gasteiger partial charge in [0, 0.05) is 23.3 Å². The summed E-state index contributed by atoms with van der Waals surface area (Å²) in [5, 5.41) is 19.0. The molecule has 10 nitrogen and oxygen atoms in total. The second-order valence-electron chi connectivity index (χ2n) is 9.33. The second-order valence-corrected chi connectivity index (χ2v) is 9.33. The number of halogens is 4. The van der Waals surface area contributed by atoms with Crippen LogP contribution in [0.15, 0.2) is 72.8 Å². The molecule has 4 aromatic carbocycles. The van der Waals surface area contributed by atoms with Crippen molar-refractivity contribution in [2.45, 2.75) is 0 Å². The fourth-order valence-corrected chi connectivity index (χ4v) is 4.09. The Morgan fingerprint density at radius 1 is 0.543 bits per heavy atom. The van der Waals surface area contributed by atoms with Gasteiger partial charge in [0.15, 0.2) is 0 Å². The molecule has 0 heterocycles. The van der Waals surface area contributed by atoms with E-state index in [2.05, 4.69) is 0 Å². The van der Waals surface area contributed by atoms with Gasteiger partial charge >= 0.3 is 23.9 Å². The largest absolute Gasteiger partial charge is 0.478 e. The Morgan fingerprint density at radius 3 is 1.28 bits per heavy atom. The maximum absolute atomic E-state index is 14.1. The fraction of sp³-hybridized carbons (Fsp3) is 0.125. The normalized spacial score (nSPS) is 10.8. The third-order valence-electron chi connectivity index (χ3n) is 6.16. The van der Waals surface area contributed by atoms with Crippen LogP contribution < -0.4 is 9.47 Å². The number of ether oxygens (including phenoxy) is 4.